The van der Waals surface area contributed by atoms with Crippen molar-refractivity contribution in [2.45, 2.75) is 40.2 Å². The second-order valence-electron chi connectivity index (χ2n) is 7.14. The first-order valence-corrected chi connectivity index (χ1v) is 9.46. The lowest BCUT2D eigenvalue weighted by molar-refractivity contribution is -0.116. The molecule has 0 heterocycles. The van der Waals surface area contributed by atoms with E-state index in [9.17, 15) is 4.79 Å². The van der Waals surface area contributed by atoms with Crippen LogP contribution in [0, 0.1) is 5.92 Å². The van der Waals surface area contributed by atoms with Gasteiger partial charge in [0.05, 0.1) is 13.1 Å². The first-order valence-electron chi connectivity index (χ1n) is 9.46. The highest BCUT2D eigenvalue weighted by atomic mass is 16.2. The quantitative estimate of drug-likeness (QED) is 0.340. The minimum atomic E-state index is -0.0178. The Balaban J connectivity index is 2.59. The van der Waals surface area contributed by atoms with Gasteiger partial charge in [0.15, 0.2) is 5.96 Å². The monoisotopic (exact) mass is 361 g/mol. The number of amides is 1. The van der Waals surface area contributed by atoms with Crippen LogP contribution in [0.25, 0.3) is 0 Å². The van der Waals surface area contributed by atoms with E-state index in [2.05, 4.69) is 41.7 Å². The van der Waals surface area contributed by atoms with Crippen molar-refractivity contribution < 1.29 is 4.79 Å². The fourth-order valence-electron chi connectivity index (χ4n) is 2.46. The van der Waals surface area contributed by atoms with Crippen LogP contribution in [0.2, 0.25) is 0 Å². The topological polar surface area (TPSA) is 68.8 Å². The van der Waals surface area contributed by atoms with Gasteiger partial charge in [-0.05, 0) is 57.5 Å². The van der Waals surface area contributed by atoms with E-state index in [4.69, 9.17) is 0 Å². The summed E-state index contributed by atoms with van der Waals surface area (Å²) in [6.07, 6.45) is 2.34. The Morgan fingerprint density at radius 2 is 2.00 bits per heavy atom. The molecule has 146 valence electrons. The van der Waals surface area contributed by atoms with Crippen molar-refractivity contribution in [1.29, 1.82) is 0 Å². The van der Waals surface area contributed by atoms with Crippen molar-refractivity contribution in [2.24, 2.45) is 10.9 Å². The zero-order valence-corrected chi connectivity index (χ0v) is 16.9. The third-order valence-corrected chi connectivity index (χ3v) is 3.69. The molecule has 0 saturated heterocycles. The Morgan fingerprint density at radius 1 is 1.23 bits per heavy atom. The number of hydrogen-bond donors (Lipinski definition) is 3. The molecule has 0 bridgehead atoms. The smallest absolute Gasteiger partial charge is 0.238 e. The Bertz CT molecular complexity index is 569. The Labute approximate surface area is 158 Å². The largest absolute Gasteiger partial charge is 0.357 e. The highest BCUT2D eigenvalue weighted by molar-refractivity contribution is 5.92. The van der Waals surface area contributed by atoms with E-state index in [-0.39, 0.29) is 5.91 Å². The average molecular weight is 362 g/mol. The highest BCUT2D eigenvalue weighted by Crippen LogP contribution is 2.11. The summed E-state index contributed by atoms with van der Waals surface area (Å²) in [7, 11) is 3.75. The molecule has 3 N–H and O–H groups in total. The van der Waals surface area contributed by atoms with Crippen molar-refractivity contribution in [3.8, 4) is 0 Å². The lowest BCUT2D eigenvalue weighted by atomic mass is 10.1. The molecular formula is C20H35N5O. The molecule has 0 radical (unpaired) electrons. The molecule has 0 spiro atoms. The molecule has 0 unspecified atom stereocenters. The van der Waals surface area contributed by atoms with Crippen LogP contribution in [-0.4, -0.2) is 50.5 Å². The fraction of sp³-hybridized carbons (Fsp3) is 0.600. The molecule has 0 aromatic heterocycles. The summed E-state index contributed by atoms with van der Waals surface area (Å²) in [6, 6.07) is 7.84. The van der Waals surface area contributed by atoms with Crippen LogP contribution in [0.5, 0.6) is 0 Å². The predicted molar refractivity (Wildman–Crippen MR) is 111 cm³/mol. The number of carbonyl (C=O) groups excluding carboxylic acids is 1. The molecule has 0 aliphatic carbocycles. The van der Waals surface area contributed by atoms with Gasteiger partial charge in [-0.15, -0.1) is 0 Å². The SMILES string of the molecule is CCNC(=NCc1cccc(NC(=O)CN(C)C)c1)NCCCC(C)C. The highest BCUT2D eigenvalue weighted by Gasteiger charge is 2.04. The molecule has 0 saturated carbocycles. The molecule has 0 aliphatic rings. The lowest BCUT2D eigenvalue weighted by Gasteiger charge is -2.12. The maximum atomic E-state index is 11.9. The Kier molecular flexibility index (Phi) is 10.4. The number of hydrogen-bond acceptors (Lipinski definition) is 3. The van der Waals surface area contributed by atoms with Gasteiger partial charge >= 0.3 is 0 Å². The van der Waals surface area contributed by atoms with E-state index in [1.165, 1.54) is 6.42 Å². The summed E-state index contributed by atoms with van der Waals surface area (Å²) in [5.41, 5.74) is 1.87. The van der Waals surface area contributed by atoms with Gasteiger partial charge in [-0.25, -0.2) is 4.99 Å². The second-order valence-corrected chi connectivity index (χ2v) is 7.14. The van der Waals surface area contributed by atoms with Crippen LogP contribution in [-0.2, 0) is 11.3 Å². The summed E-state index contributed by atoms with van der Waals surface area (Å²) < 4.78 is 0. The van der Waals surface area contributed by atoms with Crippen molar-refractivity contribution >= 4 is 17.6 Å². The first-order chi connectivity index (χ1) is 12.4. The number of likely N-dealkylation sites (N-methyl/N-ethyl adjacent to an activating group) is 1. The number of guanidine groups is 1. The molecule has 6 nitrogen and oxygen atoms in total. The molecule has 0 fully saturated rings. The van der Waals surface area contributed by atoms with Crippen LogP contribution in [0.3, 0.4) is 0 Å². The van der Waals surface area contributed by atoms with Gasteiger partial charge in [-0.1, -0.05) is 26.0 Å². The zero-order chi connectivity index (χ0) is 19.4. The Hall–Kier alpha value is -2.08. The van der Waals surface area contributed by atoms with Crippen LogP contribution < -0.4 is 16.0 Å². The average Bonchev–Trinajstić information content (AvgIpc) is 2.55. The number of benzene rings is 1. The third kappa shape index (κ3) is 10.0. The van der Waals surface area contributed by atoms with Crippen LogP contribution in [0.4, 0.5) is 5.69 Å². The van der Waals surface area contributed by atoms with E-state index >= 15 is 0 Å². The molecular weight excluding hydrogens is 326 g/mol. The summed E-state index contributed by atoms with van der Waals surface area (Å²) in [4.78, 5) is 18.4. The first kappa shape index (κ1) is 22.0. The lowest BCUT2D eigenvalue weighted by Crippen LogP contribution is -2.37. The fourth-order valence-corrected chi connectivity index (χ4v) is 2.46. The number of nitrogens with zero attached hydrogens (tertiary/aromatic N) is 2. The standard InChI is InChI=1S/C20H35N5O/c1-6-21-20(22-12-8-9-16(2)3)23-14-17-10-7-11-18(13-17)24-19(26)15-25(4)5/h7,10-11,13,16H,6,8-9,12,14-15H2,1-5H3,(H,24,26)(H2,21,22,23). The van der Waals surface area contributed by atoms with Crippen molar-refractivity contribution in [1.82, 2.24) is 15.5 Å². The number of nitrogens with one attached hydrogen (secondary N) is 3. The van der Waals surface area contributed by atoms with E-state index in [1.54, 1.807) is 0 Å². The summed E-state index contributed by atoms with van der Waals surface area (Å²) in [6.45, 7) is 9.23. The minimum Gasteiger partial charge on any atom is -0.357 e. The van der Waals surface area contributed by atoms with E-state index in [0.29, 0.717) is 13.1 Å². The van der Waals surface area contributed by atoms with E-state index in [0.717, 1.165) is 42.6 Å². The molecule has 6 heteroatoms. The number of carbonyl (C=O) groups is 1. The van der Waals surface area contributed by atoms with E-state index in [1.807, 2.05) is 43.3 Å². The van der Waals surface area contributed by atoms with Crippen LogP contribution in [0.15, 0.2) is 29.3 Å². The van der Waals surface area contributed by atoms with Gasteiger partial charge in [0.25, 0.3) is 0 Å². The second kappa shape index (κ2) is 12.3. The maximum absolute atomic E-state index is 11.9. The molecule has 1 amide bonds. The van der Waals surface area contributed by atoms with Crippen molar-refractivity contribution in [3.63, 3.8) is 0 Å². The van der Waals surface area contributed by atoms with Gasteiger partial charge in [-0.3, -0.25) is 4.79 Å². The third-order valence-electron chi connectivity index (χ3n) is 3.69. The molecule has 1 aromatic carbocycles. The number of anilines is 1. The van der Waals surface area contributed by atoms with Gasteiger partial charge < -0.3 is 20.9 Å². The normalized spacial score (nSPS) is 11.7. The maximum Gasteiger partial charge on any atom is 0.238 e. The molecule has 1 aromatic rings. The number of rotatable bonds is 10. The van der Waals surface area contributed by atoms with Gasteiger partial charge in [0, 0.05) is 18.8 Å². The zero-order valence-electron chi connectivity index (χ0n) is 16.9. The summed E-state index contributed by atoms with van der Waals surface area (Å²) >= 11 is 0. The van der Waals surface area contributed by atoms with Crippen LogP contribution >= 0.6 is 0 Å². The summed E-state index contributed by atoms with van der Waals surface area (Å²) in [5.74, 6) is 1.54. The van der Waals surface area contributed by atoms with E-state index < -0.39 is 0 Å². The van der Waals surface area contributed by atoms with Gasteiger partial charge in [-0.2, -0.15) is 0 Å². The molecule has 26 heavy (non-hydrogen) atoms. The minimum absolute atomic E-state index is 0.0178. The molecule has 1 rings (SSSR count). The molecule has 0 aliphatic heterocycles. The molecule has 0 atom stereocenters. The predicted octanol–water partition coefficient (Wildman–Crippen LogP) is 2.68. The van der Waals surface area contributed by atoms with Gasteiger partial charge in [0.2, 0.25) is 5.91 Å². The van der Waals surface area contributed by atoms with Gasteiger partial charge in [0.1, 0.15) is 0 Å². The summed E-state index contributed by atoms with van der Waals surface area (Å²) in [5, 5.41) is 9.57. The van der Waals surface area contributed by atoms with Crippen LogP contribution in [0.1, 0.15) is 39.2 Å². The Morgan fingerprint density at radius 3 is 2.65 bits per heavy atom. The van der Waals surface area contributed by atoms with Crippen molar-refractivity contribution in [2.75, 3.05) is 39.0 Å². The van der Waals surface area contributed by atoms with Crippen molar-refractivity contribution in [3.05, 3.63) is 29.8 Å². The number of aliphatic imine (C=N–C) groups is 1.